The van der Waals surface area contributed by atoms with Gasteiger partial charge in [0.25, 0.3) is 0 Å². The summed E-state index contributed by atoms with van der Waals surface area (Å²) in [5, 5.41) is 5.97. The van der Waals surface area contributed by atoms with E-state index in [-0.39, 0.29) is 24.0 Å². The molecule has 8 nitrogen and oxygen atoms in total. The van der Waals surface area contributed by atoms with E-state index < -0.39 is 11.7 Å². The van der Waals surface area contributed by atoms with Gasteiger partial charge in [-0.25, -0.2) is 9.78 Å². The van der Waals surface area contributed by atoms with Crippen LogP contribution in [0.3, 0.4) is 0 Å². The van der Waals surface area contributed by atoms with Crippen LogP contribution in [0, 0.1) is 0 Å². The summed E-state index contributed by atoms with van der Waals surface area (Å²) >= 11 is 0. The molecule has 9 heteroatoms. The second-order valence-corrected chi connectivity index (χ2v) is 7.63. The number of imidazole rings is 1. The molecule has 1 aromatic carbocycles. The number of nitrogens with one attached hydrogen (secondary N) is 3. The first-order valence-electron chi connectivity index (χ1n) is 9.84. The van der Waals surface area contributed by atoms with Crippen LogP contribution in [0.1, 0.15) is 33.5 Å². The topological polar surface area (TPSA) is 94.6 Å². The molecule has 1 amide bonds. The molecular formula is C21H33IN6O2. The molecule has 0 aliphatic rings. The predicted molar refractivity (Wildman–Crippen MR) is 131 cm³/mol. The Hall–Kier alpha value is -2.30. The number of amides is 1. The van der Waals surface area contributed by atoms with Crippen molar-refractivity contribution in [3.8, 4) is 11.3 Å². The molecule has 30 heavy (non-hydrogen) atoms. The van der Waals surface area contributed by atoms with Crippen molar-refractivity contribution >= 4 is 36.0 Å². The molecule has 0 aliphatic heterocycles. The minimum absolute atomic E-state index is 0. The highest BCUT2D eigenvalue weighted by Crippen LogP contribution is 2.16. The fraction of sp³-hybridized carbons (Fsp3) is 0.476. The minimum Gasteiger partial charge on any atom is -0.444 e. The monoisotopic (exact) mass is 528 g/mol. The number of aromatic nitrogens is 2. The van der Waals surface area contributed by atoms with E-state index in [0.717, 1.165) is 29.6 Å². The Kier molecular flexibility index (Phi) is 10.6. The number of H-pyrrole nitrogens is 1. The lowest BCUT2D eigenvalue weighted by molar-refractivity contribution is 0.0529. The number of rotatable bonds is 7. The normalized spacial score (nSPS) is 11.4. The smallest absolute Gasteiger partial charge is 0.407 e. The Labute approximate surface area is 195 Å². The van der Waals surface area contributed by atoms with Crippen molar-refractivity contribution in [3.63, 3.8) is 0 Å². The average Bonchev–Trinajstić information content (AvgIpc) is 3.12. The van der Waals surface area contributed by atoms with Crippen molar-refractivity contribution < 1.29 is 9.53 Å². The maximum atomic E-state index is 11.7. The number of guanidine groups is 1. The number of carbonyl (C=O) groups is 1. The number of alkyl carbamates (subject to hydrolysis) is 1. The van der Waals surface area contributed by atoms with Crippen molar-refractivity contribution in [1.82, 2.24) is 25.5 Å². The van der Waals surface area contributed by atoms with E-state index in [0.29, 0.717) is 19.6 Å². The van der Waals surface area contributed by atoms with Crippen LogP contribution in [0.5, 0.6) is 0 Å². The second kappa shape index (κ2) is 12.4. The highest BCUT2D eigenvalue weighted by atomic mass is 127. The van der Waals surface area contributed by atoms with Gasteiger partial charge in [-0.05, 0) is 33.3 Å². The van der Waals surface area contributed by atoms with Crippen molar-refractivity contribution in [1.29, 1.82) is 0 Å². The largest absolute Gasteiger partial charge is 0.444 e. The Balaban J connectivity index is 0.00000450. The highest BCUT2D eigenvalue weighted by molar-refractivity contribution is 14.0. The van der Waals surface area contributed by atoms with Crippen LogP contribution in [0.25, 0.3) is 11.3 Å². The van der Waals surface area contributed by atoms with Gasteiger partial charge in [-0.2, -0.15) is 0 Å². The number of hydrogen-bond donors (Lipinski definition) is 3. The summed E-state index contributed by atoms with van der Waals surface area (Å²) < 4.78 is 5.22. The molecule has 0 saturated heterocycles. The SMILES string of the molecule is CCNC(=NCCNC(=O)OC(C)(C)C)N(C)Cc1ncc(-c2ccccc2)[nH]1.I. The third-order valence-electron chi connectivity index (χ3n) is 3.84. The van der Waals surface area contributed by atoms with Crippen LogP contribution in [0.4, 0.5) is 4.79 Å². The number of halogens is 1. The van der Waals surface area contributed by atoms with Gasteiger partial charge in [0.15, 0.2) is 5.96 Å². The number of aliphatic imine (C=N–C) groups is 1. The average molecular weight is 528 g/mol. The molecule has 0 aliphatic carbocycles. The van der Waals surface area contributed by atoms with Crippen LogP contribution in [-0.2, 0) is 11.3 Å². The van der Waals surface area contributed by atoms with E-state index in [9.17, 15) is 4.79 Å². The lowest BCUT2D eigenvalue weighted by Crippen LogP contribution is -2.39. The molecule has 0 bridgehead atoms. The van der Waals surface area contributed by atoms with Crippen molar-refractivity contribution in [2.24, 2.45) is 4.99 Å². The van der Waals surface area contributed by atoms with Gasteiger partial charge in [-0.3, -0.25) is 4.99 Å². The molecule has 2 aromatic rings. The van der Waals surface area contributed by atoms with Crippen LogP contribution < -0.4 is 10.6 Å². The number of nitrogens with zero attached hydrogens (tertiary/aromatic N) is 3. The van der Waals surface area contributed by atoms with Gasteiger partial charge >= 0.3 is 6.09 Å². The first-order valence-corrected chi connectivity index (χ1v) is 9.84. The molecule has 0 fully saturated rings. The van der Waals surface area contributed by atoms with Gasteiger partial charge in [0.2, 0.25) is 0 Å². The summed E-state index contributed by atoms with van der Waals surface area (Å²) in [6, 6.07) is 10.1. The Morgan fingerprint density at radius 3 is 2.57 bits per heavy atom. The van der Waals surface area contributed by atoms with Gasteiger partial charge in [-0.1, -0.05) is 30.3 Å². The van der Waals surface area contributed by atoms with Gasteiger partial charge in [0.1, 0.15) is 11.4 Å². The summed E-state index contributed by atoms with van der Waals surface area (Å²) in [6.45, 7) is 9.69. The first-order chi connectivity index (χ1) is 13.8. The highest BCUT2D eigenvalue weighted by Gasteiger charge is 2.15. The maximum Gasteiger partial charge on any atom is 0.407 e. The summed E-state index contributed by atoms with van der Waals surface area (Å²) in [5.74, 6) is 1.60. The molecular weight excluding hydrogens is 495 g/mol. The summed E-state index contributed by atoms with van der Waals surface area (Å²) in [4.78, 5) is 26.1. The minimum atomic E-state index is -0.510. The fourth-order valence-electron chi connectivity index (χ4n) is 2.61. The van der Waals surface area contributed by atoms with E-state index in [1.165, 1.54) is 0 Å². The van der Waals surface area contributed by atoms with E-state index >= 15 is 0 Å². The van der Waals surface area contributed by atoms with Crippen molar-refractivity contribution in [3.05, 3.63) is 42.4 Å². The van der Waals surface area contributed by atoms with E-state index in [1.807, 2.05) is 76.2 Å². The zero-order chi connectivity index (χ0) is 21.3. The lowest BCUT2D eigenvalue weighted by Gasteiger charge is -2.21. The van der Waals surface area contributed by atoms with Crippen molar-refractivity contribution in [2.75, 3.05) is 26.7 Å². The number of ether oxygens (including phenoxy) is 1. The fourth-order valence-corrected chi connectivity index (χ4v) is 2.61. The van der Waals surface area contributed by atoms with E-state index in [1.54, 1.807) is 0 Å². The van der Waals surface area contributed by atoms with Crippen LogP contribution in [-0.4, -0.2) is 59.2 Å². The number of hydrogen-bond acceptors (Lipinski definition) is 4. The maximum absolute atomic E-state index is 11.7. The van der Waals surface area contributed by atoms with E-state index in [4.69, 9.17) is 4.74 Å². The zero-order valence-corrected chi connectivity index (χ0v) is 20.7. The molecule has 0 atom stereocenters. The lowest BCUT2D eigenvalue weighted by atomic mass is 10.2. The van der Waals surface area contributed by atoms with Crippen LogP contribution >= 0.6 is 24.0 Å². The Morgan fingerprint density at radius 2 is 1.93 bits per heavy atom. The molecule has 0 unspecified atom stereocenters. The van der Waals surface area contributed by atoms with Gasteiger partial charge in [0.05, 0.1) is 25.0 Å². The first kappa shape index (κ1) is 25.7. The molecule has 3 N–H and O–H groups in total. The standard InChI is InChI=1S/C21H32N6O2.HI/c1-6-22-19(23-12-13-24-20(28)29-21(2,3)4)27(5)15-18-25-14-17(26-18)16-10-8-7-9-11-16;/h7-11,14H,6,12-13,15H2,1-5H3,(H,22,23)(H,24,28)(H,25,26);1H. The Morgan fingerprint density at radius 1 is 1.23 bits per heavy atom. The van der Waals surface area contributed by atoms with E-state index in [2.05, 4.69) is 25.6 Å². The molecule has 1 heterocycles. The summed E-state index contributed by atoms with van der Waals surface area (Å²) in [6.07, 6.45) is 1.41. The molecule has 0 radical (unpaired) electrons. The zero-order valence-electron chi connectivity index (χ0n) is 18.4. The number of carbonyl (C=O) groups excluding carboxylic acids is 1. The Bertz CT molecular complexity index is 801. The molecule has 2 rings (SSSR count). The van der Waals surface area contributed by atoms with Crippen LogP contribution in [0.2, 0.25) is 0 Å². The van der Waals surface area contributed by atoms with Crippen LogP contribution in [0.15, 0.2) is 41.5 Å². The van der Waals surface area contributed by atoms with Gasteiger partial charge in [0, 0.05) is 20.1 Å². The molecule has 0 saturated carbocycles. The number of benzene rings is 1. The van der Waals surface area contributed by atoms with Gasteiger partial charge < -0.3 is 25.3 Å². The summed E-state index contributed by atoms with van der Waals surface area (Å²) in [5.41, 5.74) is 1.57. The van der Waals surface area contributed by atoms with Crippen molar-refractivity contribution in [2.45, 2.75) is 39.8 Å². The molecule has 0 spiro atoms. The number of aromatic amines is 1. The van der Waals surface area contributed by atoms with Gasteiger partial charge in [-0.15, -0.1) is 24.0 Å². The molecule has 166 valence electrons. The second-order valence-electron chi connectivity index (χ2n) is 7.63. The third-order valence-corrected chi connectivity index (χ3v) is 3.84. The molecule has 1 aromatic heterocycles. The predicted octanol–water partition coefficient (Wildman–Crippen LogP) is 3.62. The third kappa shape index (κ3) is 9.02. The quantitative estimate of drug-likeness (QED) is 0.221. The summed E-state index contributed by atoms with van der Waals surface area (Å²) in [7, 11) is 1.95.